The van der Waals surface area contributed by atoms with Gasteiger partial charge in [-0.15, -0.1) is 0 Å². The van der Waals surface area contributed by atoms with Gasteiger partial charge in [-0.05, 0) is 7.05 Å². The predicted molar refractivity (Wildman–Crippen MR) is 35.8 cm³/mol. The lowest BCUT2D eigenvalue weighted by atomic mass is 10.4. The molecule has 0 aromatic carbocycles. The van der Waals surface area contributed by atoms with Crippen molar-refractivity contribution in [1.29, 1.82) is 0 Å². The van der Waals surface area contributed by atoms with Crippen molar-refractivity contribution in [3.05, 3.63) is 0 Å². The van der Waals surface area contributed by atoms with Gasteiger partial charge >= 0.3 is 0 Å². The number of rotatable bonds is 3. The van der Waals surface area contributed by atoms with Gasteiger partial charge in [0.15, 0.2) is 0 Å². The smallest absolute Gasteiger partial charge is 0.0254 e. The van der Waals surface area contributed by atoms with E-state index in [1.807, 2.05) is 7.05 Å². The molecule has 7 heavy (non-hydrogen) atoms. The van der Waals surface area contributed by atoms with Gasteiger partial charge in [-0.2, -0.15) is 12.6 Å². The largest absolute Gasteiger partial charge is 0.326 e. The fourth-order valence-electron chi connectivity index (χ4n) is 0.327. The lowest BCUT2D eigenvalue weighted by Crippen LogP contribution is -2.33. The van der Waals surface area contributed by atoms with Crippen LogP contribution in [0.4, 0.5) is 0 Å². The van der Waals surface area contributed by atoms with E-state index in [9.17, 15) is 0 Å². The molecule has 1 atom stereocenters. The highest BCUT2D eigenvalue weighted by Gasteiger charge is 1.92. The first-order chi connectivity index (χ1) is 3.31. The average Bonchev–Trinajstić information content (AvgIpc) is 1.68. The summed E-state index contributed by atoms with van der Waals surface area (Å²) in [6.07, 6.45) is 0. The van der Waals surface area contributed by atoms with Gasteiger partial charge in [-0.1, -0.05) is 0 Å². The zero-order valence-corrected chi connectivity index (χ0v) is 5.41. The molecule has 0 spiro atoms. The SMILES string of the molecule is CNC[C@@H](N)CS. The molecule has 0 radical (unpaired) electrons. The van der Waals surface area contributed by atoms with Gasteiger partial charge in [0.05, 0.1) is 0 Å². The van der Waals surface area contributed by atoms with Crippen molar-refractivity contribution in [2.75, 3.05) is 19.3 Å². The second-order valence-electron chi connectivity index (χ2n) is 1.50. The Morgan fingerprint density at radius 2 is 2.43 bits per heavy atom. The van der Waals surface area contributed by atoms with Crippen LogP contribution in [0.15, 0.2) is 0 Å². The predicted octanol–water partition coefficient (Wildman–Crippen LogP) is -0.537. The molecule has 0 rings (SSSR count). The summed E-state index contributed by atoms with van der Waals surface area (Å²) in [7, 11) is 1.88. The fraction of sp³-hybridized carbons (Fsp3) is 1.00. The van der Waals surface area contributed by atoms with Gasteiger partial charge in [0.2, 0.25) is 0 Å². The Bertz CT molecular complexity index is 40.7. The van der Waals surface area contributed by atoms with Crippen molar-refractivity contribution in [1.82, 2.24) is 5.32 Å². The fourth-order valence-corrected chi connectivity index (χ4v) is 0.456. The van der Waals surface area contributed by atoms with E-state index in [-0.39, 0.29) is 6.04 Å². The first kappa shape index (κ1) is 7.27. The Labute approximate surface area is 49.9 Å². The molecule has 0 saturated carbocycles. The standard InChI is InChI=1S/C4H12N2S/c1-6-2-4(5)3-7/h4,6-7H,2-3,5H2,1H3/t4-/m1/s1. The van der Waals surface area contributed by atoms with E-state index in [0.717, 1.165) is 12.3 Å². The maximum Gasteiger partial charge on any atom is 0.0254 e. The maximum absolute atomic E-state index is 5.44. The molecule has 0 saturated heterocycles. The molecule has 0 fully saturated rings. The summed E-state index contributed by atoms with van der Waals surface area (Å²) in [6.45, 7) is 0.851. The summed E-state index contributed by atoms with van der Waals surface area (Å²) in [5.74, 6) is 0.751. The molecular weight excluding hydrogens is 108 g/mol. The summed E-state index contributed by atoms with van der Waals surface area (Å²) >= 11 is 3.98. The highest BCUT2D eigenvalue weighted by Crippen LogP contribution is 1.77. The minimum atomic E-state index is 0.202. The molecule has 0 unspecified atom stereocenters. The summed E-state index contributed by atoms with van der Waals surface area (Å²) in [5, 5.41) is 2.94. The Kier molecular flexibility index (Phi) is 4.60. The molecular formula is C4H12N2S. The second kappa shape index (κ2) is 4.43. The van der Waals surface area contributed by atoms with Crippen LogP contribution in [0.2, 0.25) is 0 Å². The van der Waals surface area contributed by atoms with Gasteiger partial charge in [-0.25, -0.2) is 0 Å². The summed E-state index contributed by atoms with van der Waals surface area (Å²) in [6, 6.07) is 0.202. The summed E-state index contributed by atoms with van der Waals surface area (Å²) in [4.78, 5) is 0. The van der Waals surface area contributed by atoms with Gasteiger partial charge in [0.25, 0.3) is 0 Å². The van der Waals surface area contributed by atoms with Crippen LogP contribution in [0.5, 0.6) is 0 Å². The van der Waals surface area contributed by atoms with Crippen LogP contribution in [-0.4, -0.2) is 25.4 Å². The van der Waals surface area contributed by atoms with Crippen LogP contribution in [0.3, 0.4) is 0 Å². The monoisotopic (exact) mass is 120 g/mol. The molecule has 0 aromatic rings. The Morgan fingerprint density at radius 3 is 2.57 bits per heavy atom. The molecule has 0 bridgehead atoms. The summed E-state index contributed by atoms with van der Waals surface area (Å²) < 4.78 is 0. The van der Waals surface area contributed by atoms with Gasteiger partial charge in [-0.3, -0.25) is 0 Å². The van der Waals surface area contributed by atoms with Crippen LogP contribution < -0.4 is 11.1 Å². The van der Waals surface area contributed by atoms with Gasteiger partial charge < -0.3 is 11.1 Å². The normalized spacial score (nSPS) is 14.1. The van der Waals surface area contributed by atoms with Crippen molar-refractivity contribution in [2.24, 2.45) is 5.73 Å². The van der Waals surface area contributed by atoms with E-state index < -0.39 is 0 Å². The van der Waals surface area contributed by atoms with E-state index in [4.69, 9.17) is 5.73 Å². The van der Waals surface area contributed by atoms with Crippen LogP contribution >= 0.6 is 12.6 Å². The number of hydrogen-bond donors (Lipinski definition) is 3. The number of likely N-dealkylation sites (N-methyl/N-ethyl adjacent to an activating group) is 1. The number of nitrogens with one attached hydrogen (secondary N) is 1. The molecule has 0 amide bonds. The van der Waals surface area contributed by atoms with Crippen molar-refractivity contribution < 1.29 is 0 Å². The summed E-state index contributed by atoms with van der Waals surface area (Å²) in [5.41, 5.74) is 5.44. The van der Waals surface area contributed by atoms with E-state index >= 15 is 0 Å². The number of nitrogens with two attached hydrogens (primary N) is 1. The number of hydrogen-bond acceptors (Lipinski definition) is 3. The molecule has 44 valence electrons. The quantitative estimate of drug-likeness (QED) is 0.438. The molecule has 0 aliphatic heterocycles. The second-order valence-corrected chi connectivity index (χ2v) is 1.87. The third-order valence-electron chi connectivity index (χ3n) is 0.701. The zero-order chi connectivity index (χ0) is 5.70. The first-order valence-corrected chi connectivity index (χ1v) is 2.95. The van der Waals surface area contributed by atoms with Crippen molar-refractivity contribution >= 4 is 12.6 Å². The molecule has 0 aromatic heterocycles. The van der Waals surface area contributed by atoms with Crippen LogP contribution in [0.1, 0.15) is 0 Å². The highest BCUT2D eigenvalue weighted by molar-refractivity contribution is 7.80. The molecule has 0 heterocycles. The van der Waals surface area contributed by atoms with E-state index in [0.29, 0.717) is 0 Å². The number of thiol groups is 1. The van der Waals surface area contributed by atoms with E-state index in [1.165, 1.54) is 0 Å². The van der Waals surface area contributed by atoms with Crippen molar-refractivity contribution in [3.8, 4) is 0 Å². The zero-order valence-electron chi connectivity index (χ0n) is 4.52. The third kappa shape index (κ3) is 4.12. The minimum Gasteiger partial charge on any atom is -0.326 e. The van der Waals surface area contributed by atoms with Crippen molar-refractivity contribution in [2.45, 2.75) is 6.04 Å². The Morgan fingerprint density at radius 1 is 1.86 bits per heavy atom. The highest BCUT2D eigenvalue weighted by atomic mass is 32.1. The topological polar surface area (TPSA) is 38.0 Å². The van der Waals surface area contributed by atoms with E-state index in [2.05, 4.69) is 17.9 Å². The maximum atomic E-state index is 5.44. The molecule has 0 aliphatic carbocycles. The van der Waals surface area contributed by atoms with E-state index in [1.54, 1.807) is 0 Å². The van der Waals surface area contributed by atoms with Crippen molar-refractivity contribution in [3.63, 3.8) is 0 Å². The first-order valence-electron chi connectivity index (χ1n) is 2.32. The molecule has 0 aliphatic rings. The molecule has 3 N–H and O–H groups in total. The molecule has 3 heteroatoms. The average molecular weight is 120 g/mol. The van der Waals surface area contributed by atoms with Crippen LogP contribution in [0, 0.1) is 0 Å². The van der Waals surface area contributed by atoms with Gasteiger partial charge in [0.1, 0.15) is 0 Å². The van der Waals surface area contributed by atoms with Gasteiger partial charge in [0, 0.05) is 18.3 Å². The third-order valence-corrected chi connectivity index (χ3v) is 1.17. The van der Waals surface area contributed by atoms with Crippen LogP contribution in [0.25, 0.3) is 0 Å². The lowest BCUT2D eigenvalue weighted by molar-refractivity contribution is 0.675. The lowest BCUT2D eigenvalue weighted by Gasteiger charge is -2.04. The van der Waals surface area contributed by atoms with Crippen LogP contribution in [-0.2, 0) is 0 Å². The molecule has 2 nitrogen and oxygen atoms in total. The Hall–Kier alpha value is 0.270. The Balaban J connectivity index is 2.83. The minimum absolute atomic E-state index is 0.202.